The Morgan fingerprint density at radius 2 is 1.90 bits per heavy atom. The van der Waals surface area contributed by atoms with Crippen LogP contribution < -0.4 is 5.32 Å². The summed E-state index contributed by atoms with van der Waals surface area (Å²) in [5, 5.41) is 3.43. The van der Waals surface area contributed by atoms with E-state index in [1.165, 1.54) is 29.5 Å². The number of hydrogen-bond donors (Lipinski definition) is 1. The van der Waals surface area contributed by atoms with Gasteiger partial charge in [-0.1, -0.05) is 37.3 Å². The maximum absolute atomic E-state index is 14.3. The maximum atomic E-state index is 14.3. The average Bonchev–Trinajstić information content (AvgIpc) is 2.93. The monoisotopic (exact) mass is 283 g/mol. The maximum Gasteiger partial charge on any atom is 0.128 e. The van der Waals surface area contributed by atoms with Gasteiger partial charge < -0.3 is 5.32 Å². The zero-order chi connectivity index (χ0) is 14.8. The molecule has 0 saturated carbocycles. The summed E-state index contributed by atoms with van der Waals surface area (Å²) in [6.45, 7) is 4.80. The molecule has 0 amide bonds. The van der Waals surface area contributed by atoms with Crippen LogP contribution in [0, 0.1) is 12.7 Å². The molecule has 0 fully saturated rings. The molecule has 3 rings (SSSR count). The summed E-state index contributed by atoms with van der Waals surface area (Å²) in [6, 6.07) is 12.1. The molecule has 1 N–H and O–H groups in total. The van der Waals surface area contributed by atoms with Gasteiger partial charge in [0.2, 0.25) is 0 Å². The van der Waals surface area contributed by atoms with Gasteiger partial charge in [-0.2, -0.15) is 0 Å². The first kappa shape index (κ1) is 14.3. The van der Waals surface area contributed by atoms with E-state index in [1.807, 2.05) is 19.1 Å². The second kappa shape index (κ2) is 5.98. The van der Waals surface area contributed by atoms with Crippen LogP contribution in [0.3, 0.4) is 0 Å². The van der Waals surface area contributed by atoms with Gasteiger partial charge in [0.05, 0.1) is 6.04 Å². The predicted molar refractivity (Wildman–Crippen MR) is 85.1 cm³/mol. The Morgan fingerprint density at radius 3 is 2.67 bits per heavy atom. The van der Waals surface area contributed by atoms with E-state index in [1.54, 1.807) is 6.07 Å². The molecule has 0 saturated heterocycles. The standard InChI is InChI=1S/C19H22FN/c1-3-21-19(17-10-7-13(2)11-18(17)20)16-9-8-14-5-4-6-15(14)12-16/h7-12,19,21H,3-6H2,1-2H3. The third kappa shape index (κ3) is 2.86. The molecule has 1 unspecified atom stereocenters. The number of halogens is 1. The highest BCUT2D eigenvalue weighted by Gasteiger charge is 2.19. The van der Waals surface area contributed by atoms with Gasteiger partial charge in [0.25, 0.3) is 0 Å². The number of hydrogen-bond acceptors (Lipinski definition) is 1. The van der Waals surface area contributed by atoms with Crippen LogP contribution in [0.5, 0.6) is 0 Å². The molecule has 0 radical (unpaired) electrons. The van der Waals surface area contributed by atoms with Crippen molar-refractivity contribution >= 4 is 0 Å². The van der Waals surface area contributed by atoms with Gasteiger partial charge in [-0.15, -0.1) is 0 Å². The molecular formula is C19H22FN. The highest BCUT2D eigenvalue weighted by molar-refractivity contribution is 5.41. The van der Waals surface area contributed by atoms with Gasteiger partial charge in [0.15, 0.2) is 0 Å². The van der Waals surface area contributed by atoms with Gasteiger partial charge in [0, 0.05) is 5.56 Å². The van der Waals surface area contributed by atoms with Gasteiger partial charge in [-0.05, 0) is 61.1 Å². The molecule has 2 aromatic rings. The van der Waals surface area contributed by atoms with Crippen LogP contribution in [-0.2, 0) is 12.8 Å². The number of benzene rings is 2. The van der Waals surface area contributed by atoms with E-state index in [2.05, 4.69) is 30.4 Å². The molecular weight excluding hydrogens is 261 g/mol. The van der Waals surface area contributed by atoms with Crippen molar-refractivity contribution in [2.45, 2.75) is 39.2 Å². The first-order valence-corrected chi connectivity index (χ1v) is 7.80. The second-order valence-corrected chi connectivity index (χ2v) is 5.90. The van der Waals surface area contributed by atoms with Crippen molar-refractivity contribution in [1.82, 2.24) is 5.32 Å². The highest BCUT2D eigenvalue weighted by Crippen LogP contribution is 2.29. The predicted octanol–water partition coefficient (Wildman–Crippen LogP) is 4.32. The molecule has 1 nitrogen and oxygen atoms in total. The van der Waals surface area contributed by atoms with Gasteiger partial charge in [-0.3, -0.25) is 0 Å². The fourth-order valence-corrected chi connectivity index (χ4v) is 3.25. The average molecular weight is 283 g/mol. The first-order chi connectivity index (χ1) is 10.2. The van der Waals surface area contributed by atoms with Gasteiger partial charge in [0.1, 0.15) is 5.82 Å². The fourth-order valence-electron chi connectivity index (χ4n) is 3.25. The second-order valence-electron chi connectivity index (χ2n) is 5.90. The molecule has 0 aliphatic heterocycles. The van der Waals surface area contributed by atoms with E-state index in [-0.39, 0.29) is 11.9 Å². The molecule has 21 heavy (non-hydrogen) atoms. The Morgan fingerprint density at radius 1 is 1.10 bits per heavy atom. The van der Waals surface area contributed by atoms with Crippen molar-refractivity contribution in [3.05, 3.63) is 70.0 Å². The third-order valence-corrected chi connectivity index (χ3v) is 4.33. The number of fused-ring (bicyclic) bond motifs is 1. The van der Waals surface area contributed by atoms with Crippen LogP contribution in [-0.4, -0.2) is 6.54 Å². The Balaban J connectivity index is 2.01. The summed E-state index contributed by atoms with van der Waals surface area (Å²) in [4.78, 5) is 0. The highest BCUT2D eigenvalue weighted by atomic mass is 19.1. The zero-order valence-corrected chi connectivity index (χ0v) is 12.7. The Kier molecular flexibility index (Phi) is 4.07. The first-order valence-electron chi connectivity index (χ1n) is 7.80. The van der Waals surface area contributed by atoms with Crippen LogP contribution >= 0.6 is 0 Å². The summed E-state index contributed by atoms with van der Waals surface area (Å²) in [5.74, 6) is -0.124. The summed E-state index contributed by atoms with van der Waals surface area (Å²) < 4.78 is 14.3. The number of nitrogens with one attached hydrogen (secondary N) is 1. The third-order valence-electron chi connectivity index (χ3n) is 4.33. The fraction of sp³-hybridized carbons (Fsp3) is 0.368. The summed E-state index contributed by atoms with van der Waals surface area (Å²) in [7, 11) is 0. The van der Waals surface area contributed by atoms with Gasteiger partial charge in [-0.25, -0.2) is 4.39 Å². The van der Waals surface area contributed by atoms with Crippen LogP contribution in [0.4, 0.5) is 4.39 Å². The van der Waals surface area contributed by atoms with Crippen molar-refractivity contribution in [3.8, 4) is 0 Å². The van der Waals surface area contributed by atoms with E-state index in [4.69, 9.17) is 0 Å². The lowest BCUT2D eigenvalue weighted by Crippen LogP contribution is -2.23. The topological polar surface area (TPSA) is 12.0 Å². The Labute approximate surface area is 126 Å². The van der Waals surface area contributed by atoms with Gasteiger partial charge >= 0.3 is 0 Å². The van der Waals surface area contributed by atoms with E-state index < -0.39 is 0 Å². The minimum Gasteiger partial charge on any atom is -0.306 e. The van der Waals surface area contributed by atoms with E-state index >= 15 is 0 Å². The largest absolute Gasteiger partial charge is 0.306 e. The van der Waals surface area contributed by atoms with Crippen LogP contribution in [0.25, 0.3) is 0 Å². The van der Waals surface area contributed by atoms with E-state index in [0.29, 0.717) is 0 Å². The minimum atomic E-state index is -0.124. The van der Waals surface area contributed by atoms with Crippen molar-refractivity contribution in [1.29, 1.82) is 0 Å². The summed E-state index contributed by atoms with van der Waals surface area (Å²) >= 11 is 0. The van der Waals surface area contributed by atoms with Crippen molar-refractivity contribution in [2.75, 3.05) is 6.54 Å². The summed E-state index contributed by atoms with van der Waals surface area (Å²) in [5.41, 5.74) is 5.75. The Bertz CT molecular complexity index is 648. The lowest BCUT2D eigenvalue weighted by atomic mass is 9.94. The van der Waals surface area contributed by atoms with Crippen molar-refractivity contribution < 1.29 is 4.39 Å². The summed E-state index contributed by atoms with van der Waals surface area (Å²) in [6.07, 6.45) is 3.57. The number of rotatable bonds is 4. The zero-order valence-electron chi connectivity index (χ0n) is 12.7. The smallest absolute Gasteiger partial charge is 0.128 e. The molecule has 1 aliphatic carbocycles. The van der Waals surface area contributed by atoms with Crippen molar-refractivity contribution in [2.24, 2.45) is 0 Å². The van der Waals surface area contributed by atoms with Crippen LogP contribution in [0.15, 0.2) is 36.4 Å². The lowest BCUT2D eigenvalue weighted by Gasteiger charge is -2.21. The molecule has 0 aromatic heterocycles. The van der Waals surface area contributed by atoms with Crippen LogP contribution in [0.1, 0.15) is 47.2 Å². The minimum absolute atomic E-state index is 0.0681. The SMILES string of the molecule is CCNC(c1ccc2c(c1)CCC2)c1ccc(C)cc1F. The quantitative estimate of drug-likeness (QED) is 0.881. The molecule has 2 aromatic carbocycles. The van der Waals surface area contributed by atoms with E-state index in [9.17, 15) is 4.39 Å². The Hall–Kier alpha value is -1.67. The van der Waals surface area contributed by atoms with Crippen LogP contribution in [0.2, 0.25) is 0 Å². The molecule has 1 atom stereocenters. The molecule has 110 valence electrons. The molecule has 2 heteroatoms. The molecule has 1 aliphatic rings. The number of aryl methyl sites for hydroxylation is 3. The molecule has 0 bridgehead atoms. The molecule has 0 spiro atoms. The lowest BCUT2D eigenvalue weighted by molar-refractivity contribution is 0.558. The molecule has 0 heterocycles. The van der Waals surface area contributed by atoms with Crippen molar-refractivity contribution in [3.63, 3.8) is 0 Å². The normalized spacial score (nSPS) is 15.0. The van der Waals surface area contributed by atoms with E-state index in [0.717, 1.165) is 24.1 Å².